The first-order valence-electron chi connectivity index (χ1n) is 6.19. The monoisotopic (exact) mass is 254 g/mol. The van der Waals surface area contributed by atoms with Crippen LogP contribution in [0.3, 0.4) is 0 Å². The van der Waals surface area contributed by atoms with E-state index in [2.05, 4.69) is 38.2 Å². The Morgan fingerprint density at radius 1 is 0.944 bits per heavy atom. The van der Waals surface area contributed by atoms with Crippen molar-refractivity contribution >= 4 is 18.7 Å². The second-order valence-electron chi connectivity index (χ2n) is 5.19. The highest BCUT2D eigenvalue weighted by Crippen LogP contribution is 2.13. The largest absolute Gasteiger partial charge is 0.300 e. The number of hydrogen-bond acceptors (Lipinski definition) is 1. The summed E-state index contributed by atoms with van der Waals surface area (Å²) in [6.45, 7) is 6.31. The number of aryl methyl sites for hydroxylation is 1. The van der Waals surface area contributed by atoms with Crippen molar-refractivity contribution in [3.63, 3.8) is 0 Å². The van der Waals surface area contributed by atoms with Crippen LogP contribution < -0.4 is 5.19 Å². The van der Waals surface area contributed by atoms with Gasteiger partial charge in [0.25, 0.3) is 0 Å². The Kier molecular flexibility index (Phi) is 3.48. The van der Waals surface area contributed by atoms with Gasteiger partial charge >= 0.3 is 0 Å². The van der Waals surface area contributed by atoms with E-state index >= 15 is 0 Å². The highest BCUT2D eigenvalue weighted by atomic mass is 28.3. The van der Waals surface area contributed by atoms with E-state index in [1.807, 2.05) is 36.4 Å². The van der Waals surface area contributed by atoms with Crippen molar-refractivity contribution in [1.82, 2.24) is 0 Å². The quantitative estimate of drug-likeness (QED) is 0.768. The van der Waals surface area contributed by atoms with Crippen LogP contribution in [0.2, 0.25) is 13.1 Å². The van der Waals surface area contributed by atoms with Crippen molar-refractivity contribution in [2.75, 3.05) is 0 Å². The van der Waals surface area contributed by atoms with Crippen LogP contribution in [0.25, 0.3) is 0 Å². The lowest BCUT2D eigenvalue weighted by Gasteiger charge is -2.21. The average Bonchev–Trinajstić information content (AvgIpc) is 2.39. The Hall–Kier alpha value is -1.67. The molecule has 0 N–H and O–H groups in total. The Morgan fingerprint density at radius 3 is 2.22 bits per heavy atom. The van der Waals surface area contributed by atoms with Gasteiger partial charge in [0.1, 0.15) is 5.41 Å². The highest BCUT2D eigenvalue weighted by molar-refractivity contribution is 7.14. The third-order valence-electron chi connectivity index (χ3n) is 3.34. The van der Waals surface area contributed by atoms with Gasteiger partial charge in [0.05, 0.1) is 0 Å². The van der Waals surface area contributed by atoms with E-state index in [1.165, 1.54) is 10.8 Å². The minimum Gasteiger partial charge on any atom is -0.300 e. The number of rotatable bonds is 3. The molecule has 1 nitrogen and oxygen atoms in total. The first kappa shape index (κ1) is 12.8. The molecule has 0 saturated heterocycles. The molecule has 0 amide bonds. The standard InChI is InChI=1S/C16H18OSi/c1-13-8-7-11-15(12-13)18(2,3)16(17)14-9-5-4-6-10-14/h4-12H,1-3H3. The second-order valence-corrected chi connectivity index (χ2v) is 9.47. The molecule has 2 aromatic carbocycles. The zero-order chi connectivity index (χ0) is 13.2. The fourth-order valence-corrected chi connectivity index (χ4v) is 4.37. The summed E-state index contributed by atoms with van der Waals surface area (Å²) in [6.07, 6.45) is 0. The molecule has 92 valence electrons. The van der Waals surface area contributed by atoms with Crippen LogP contribution in [0.4, 0.5) is 0 Å². The van der Waals surface area contributed by atoms with Gasteiger partial charge in [-0.25, -0.2) is 0 Å². The molecule has 0 heterocycles. The summed E-state index contributed by atoms with van der Waals surface area (Å²) < 4.78 is 0. The van der Waals surface area contributed by atoms with Crippen LogP contribution >= 0.6 is 0 Å². The normalized spacial score (nSPS) is 11.3. The molecule has 0 spiro atoms. The Bertz CT molecular complexity index is 558. The molecule has 0 radical (unpaired) electrons. The number of hydrogen-bond donors (Lipinski definition) is 0. The van der Waals surface area contributed by atoms with Crippen molar-refractivity contribution in [2.24, 2.45) is 0 Å². The molecule has 0 aromatic heterocycles. The Labute approximate surface area is 109 Å². The smallest absolute Gasteiger partial charge is 0.163 e. The van der Waals surface area contributed by atoms with E-state index in [4.69, 9.17) is 0 Å². The predicted octanol–water partition coefficient (Wildman–Crippen LogP) is 3.33. The second kappa shape index (κ2) is 4.90. The summed E-state index contributed by atoms with van der Waals surface area (Å²) in [5, 5.41) is 1.50. The molecule has 0 unspecified atom stereocenters. The molecule has 0 saturated carbocycles. The van der Waals surface area contributed by atoms with Gasteiger partial charge in [-0.3, -0.25) is 4.79 Å². The zero-order valence-electron chi connectivity index (χ0n) is 11.1. The van der Waals surface area contributed by atoms with Gasteiger partial charge in [-0.05, 0) is 6.92 Å². The van der Waals surface area contributed by atoms with Crippen LogP contribution in [-0.2, 0) is 0 Å². The summed E-state index contributed by atoms with van der Waals surface area (Å²) in [4.78, 5) is 12.6. The number of carbonyl (C=O) groups is 1. The fourth-order valence-electron chi connectivity index (χ4n) is 2.12. The van der Waals surface area contributed by atoms with E-state index in [-0.39, 0.29) is 0 Å². The molecule has 18 heavy (non-hydrogen) atoms. The number of carbonyl (C=O) groups excluding carboxylic acids is 1. The van der Waals surface area contributed by atoms with Gasteiger partial charge in [-0.15, -0.1) is 0 Å². The molecule has 0 aliphatic heterocycles. The van der Waals surface area contributed by atoms with Crippen LogP contribution in [-0.4, -0.2) is 13.5 Å². The summed E-state index contributed by atoms with van der Waals surface area (Å²) >= 11 is 0. The molecule has 0 bridgehead atoms. The molecule has 0 aliphatic rings. The summed E-state index contributed by atoms with van der Waals surface area (Å²) in [6, 6.07) is 17.9. The van der Waals surface area contributed by atoms with Gasteiger partial charge in [0, 0.05) is 5.56 Å². The molecule has 2 heteroatoms. The van der Waals surface area contributed by atoms with Gasteiger partial charge < -0.3 is 0 Å². The Balaban J connectivity index is 2.40. The first-order valence-corrected chi connectivity index (χ1v) is 9.19. The number of benzene rings is 2. The molecular formula is C16H18OSi. The van der Waals surface area contributed by atoms with Crippen LogP contribution in [0.5, 0.6) is 0 Å². The predicted molar refractivity (Wildman–Crippen MR) is 79.1 cm³/mol. The average molecular weight is 254 g/mol. The van der Waals surface area contributed by atoms with E-state index in [1.54, 1.807) is 0 Å². The molecular weight excluding hydrogens is 236 g/mol. The third-order valence-corrected chi connectivity index (χ3v) is 6.52. The first-order chi connectivity index (χ1) is 8.51. The minimum atomic E-state index is -2.09. The lowest BCUT2D eigenvalue weighted by atomic mass is 10.2. The molecule has 2 rings (SSSR count). The maximum absolute atomic E-state index is 12.6. The SMILES string of the molecule is Cc1cccc([Si](C)(C)C(=O)c2ccccc2)c1. The Morgan fingerprint density at radius 2 is 1.61 bits per heavy atom. The molecule has 0 fully saturated rings. The maximum atomic E-state index is 12.6. The van der Waals surface area contributed by atoms with Crippen LogP contribution in [0.15, 0.2) is 54.6 Å². The maximum Gasteiger partial charge on any atom is 0.163 e. The van der Waals surface area contributed by atoms with Crippen LogP contribution in [0.1, 0.15) is 15.9 Å². The highest BCUT2D eigenvalue weighted by Gasteiger charge is 2.33. The van der Waals surface area contributed by atoms with Gasteiger partial charge in [-0.2, -0.15) is 0 Å². The summed E-state index contributed by atoms with van der Waals surface area (Å²) in [5.41, 5.74) is 2.05. The van der Waals surface area contributed by atoms with Crippen LogP contribution in [0, 0.1) is 6.92 Å². The fraction of sp³-hybridized carbons (Fsp3) is 0.188. The van der Waals surface area contributed by atoms with E-state index in [9.17, 15) is 4.79 Å². The molecule has 2 aromatic rings. The van der Waals surface area contributed by atoms with Gasteiger partial charge in [-0.1, -0.05) is 78.4 Å². The third kappa shape index (κ3) is 2.43. The van der Waals surface area contributed by atoms with Crippen molar-refractivity contribution in [1.29, 1.82) is 0 Å². The lowest BCUT2D eigenvalue weighted by Crippen LogP contribution is -2.49. The summed E-state index contributed by atoms with van der Waals surface area (Å²) in [5.74, 6) is 0. The minimum absolute atomic E-state index is 0.300. The van der Waals surface area contributed by atoms with E-state index < -0.39 is 8.07 Å². The van der Waals surface area contributed by atoms with Gasteiger partial charge in [0.15, 0.2) is 8.07 Å². The van der Waals surface area contributed by atoms with E-state index in [0.717, 1.165) is 5.56 Å². The van der Waals surface area contributed by atoms with Gasteiger partial charge in [0.2, 0.25) is 0 Å². The van der Waals surface area contributed by atoms with Crippen molar-refractivity contribution in [2.45, 2.75) is 20.0 Å². The van der Waals surface area contributed by atoms with Crippen molar-refractivity contribution in [3.8, 4) is 0 Å². The molecule has 0 atom stereocenters. The molecule has 0 aliphatic carbocycles. The lowest BCUT2D eigenvalue weighted by molar-refractivity contribution is 0.107. The van der Waals surface area contributed by atoms with Crippen molar-refractivity contribution < 1.29 is 4.79 Å². The zero-order valence-corrected chi connectivity index (χ0v) is 12.1. The van der Waals surface area contributed by atoms with Crippen molar-refractivity contribution in [3.05, 3.63) is 65.7 Å². The van der Waals surface area contributed by atoms with E-state index in [0.29, 0.717) is 5.41 Å². The summed E-state index contributed by atoms with van der Waals surface area (Å²) in [7, 11) is -2.09. The topological polar surface area (TPSA) is 17.1 Å².